The van der Waals surface area contributed by atoms with Crippen LogP contribution in [0, 0.1) is 0 Å². The smallest absolute Gasteiger partial charge is 0.316 e. The number of aliphatic carboxylic acids is 1. The molecule has 0 spiro atoms. The first-order valence-corrected chi connectivity index (χ1v) is 8.88. The molecule has 3 aromatic rings. The molecule has 0 fully saturated rings. The largest absolute Gasteiger partial charge is 0.480 e. The molecule has 3 rings (SSSR count). The van der Waals surface area contributed by atoms with Gasteiger partial charge in [-0.1, -0.05) is 42.1 Å². The normalized spacial score (nSPS) is 12.1. The highest BCUT2D eigenvalue weighted by atomic mass is 32.2. The number of benzene rings is 1. The number of nitrogens with zero attached hydrogens (tertiary/aromatic N) is 4. The van der Waals surface area contributed by atoms with Gasteiger partial charge in [0.1, 0.15) is 5.25 Å². The number of hydrogen-bond donors (Lipinski definition) is 1. The summed E-state index contributed by atoms with van der Waals surface area (Å²) in [6.45, 7) is 2.04. The lowest BCUT2D eigenvalue weighted by Gasteiger charge is -2.09. The summed E-state index contributed by atoms with van der Waals surface area (Å²) in [6, 6.07) is 13.2. The van der Waals surface area contributed by atoms with Gasteiger partial charge in [-0.15, -0.1) is 10.2 Å². The molecule has 0 bridgehead atoms. The first-order valence-electron chi connectivity index (χ1n) is 8.00. The second-order valence-electron chi connectivity index (χ2n) is 5.80. The highest BCUT2D eigenvalue weighted by molar-refractivity contribution is 8.00. The molecular weight excluding hydrogens is 352 g/mol. The first-order chi connectivity index (χ1) is 12.5. The molecule has 0 saturated carbocycles. The van der Waals surface area contributed by atoms with E-state index in [1.54, 1.807) is 41.4 Å². The van der Waals surface area contributed by atoms with E-state index < -0.39 is 11.2 Å². The summed E-state index contributed by atoms with van der Waals surface area (Å²) in [7, 11) is 1.72. The van der Waals surface area contributed by atoms with Crippen molar-refractivity contribution >= 4 is 17.7 Å². The van der Waals surface area contributed by atoms with Gasteiger partial charge >= 0.3 is 5.97 Å². The fraction of sp³-hybridized carbons (Fsp3) is 0.222. The lowest BCUT2D eigenvalue weighted by molar-refractivity contribution is -0.136. The number of aromatic nitrogens is 4. The van der Waals surface area contributed by atoms with Crippen molar-refractivity contribution in [2.45, 2.75) is 23.9 Å². The van der Waals surface area contributed by atoms with Crippen LogP contribution in [0.5, 0.6) is 0 Å². The maximum absolute atomic E-state index is 12.8. The fourth-order valence-corrected chi connectivity index (χ4v) is 3.22. The van der Waals surface area contributed by atoms with Crippen LogP contribution in [0.2, 0.25) is 0 Å². The third-order valence-corrected chi connectivity index (χ3v) is 5.04. The van der Waals surface area contributed by atoms with Gasteiger partial charge in [0, 0.05) is 13.2 Å². The van der Waals surface area contributed by atoms with Crippen LogP contribution in [-0.2, 0) is 18.4 Å². The zero-order valence-electron chi connectivity index (χ0n) is 14.4. The van der Waals surface area contributed by atoms with Gasteiger partial charge in [-0.25, -0.2) is 0 Å². The molecule has 7 nitrogen and oxygen atoms in total. The highest BCUT2D eigenvalue weighted by Crippen LogP contribution is 2.24. The van der Waals surface area contributed by atoms with Crippen LogP contribution < -0.4 is 5.56 Å². The van der Waals surface area contributed by atoms with Crippen molar-refractivity contribution in [2.24, 2.45) is 7.05 Å². The van der Waals surface area contributed by atoms with E-state index in [2.05, 4.69) is 10.2 Å². The minimum Gasteiger partial charge on any atom is -0.480 e. The third-order valence-electron chi connectivity index (χ3n) is 3.92. The van der Waals surface area contributed by atoms with Crippen molar-refractivity contribution in [3.8, 4) is 11.4 Å². The Labute approximate surface area is 154 Å². The van der Waals surface area contributed by atoms with Crippen LogP contribution in [-0.4, -0.2) is 35.7 Å². The van der Waals surface area contributed by atoms with Crippen molar-refractivity contribution in [3.05, 3.63) is 64.6 Å². The van der Waals surface area contributed by atoms with Gasteiger partial charge < -0.3 is 14.2 Å². The monoisotopic (exact) mass is 370 g/mol. The van der Waals surface area contributed by atoms with Crippen LogP contribution in [0.4, 0.5) is 0 Å². The van der Waals surface area contributed by atoms with Gasteiger partial charge in [0.2, 0.25) is 0 Å². The second-order valence-corrected chi connectivity index (χ2v) is 7.11. The van der Waals surface area contributed by atoms with E-state index >= 15 is 0 Å². The predicted octanol–water partition coefficient (Wildman–Crippen LogP) is 2.26. The van der Waals surface area contributed by atoms with Crippen molar-refractivity contribution < 1.29 is 9.90 Å². The molecule has 1 atom stereocenters. The lowest BCUT2D eigenvalue weighted by Crippen LogP contribution is -2.22. The number of rotatable bonds is 6. The Kier molecular flexibility index (Phi) is 5.22. The molecule has 2 heterocycles. The summed E-state index contributed by atoms with van der Waals surface area (Å²) in [4.78, 5) is 23.9. The molecular formula is C18H18N4O3S. The van der Waals surface area contributed by atoms with E-state index in [-0.39, 0.29) is 5.56 Å². The van der Waals surface area contributed by atoms with Crippen molar-refractivity contribution in [2.75, 3.05) is 0 Å². The highest BCUT2D eigenvalue weighted by Gasteiger charge is 2.20. The molecule has 1 unspecified atom stereocenters. The van der Waals surface area contributed by atoms with E-state index in [1.165, 1.54) is 0 Å². The summed E-state index contributed by atoms with van der Waals surface area (Å²) in [5.74, 6) is -0.512. The predicted molar refractivity (Wildman–Crippen MR) is 99.2 cm³/mol. The molecule has 0 radical (unpaired) electrons. The third kappa shape index (κ3) is 3.70. The fourth-order valence-electron chi connectivity index (χ4n) is 2.47. The van der Waals surface area contributed by atoms with Gasteiger partial charge in [0.25, 0.3) is 5.56 Å². The SMILES string of the molecule is CC(Sc1nnc(-c2cccn(Cc3ccccc3)c2=O)n1C)C(=O)O. The van der Waals surface area contributed by atoms with Crippen LogP contribution in [0.1, 0.15) is 12.5 Å². The molecule has 26 heavy (non-hydrogen) atoms. The standard InChI is InChI=1S/C18H18N4O3S/c1-12(17(24)25)26-18-20-19-15(21(18)2)14-9-6-10-22(16(14)23)11-13-7-4-3-5-8-13/h3-10,12H,11H2,1-2H3,(H,24,25). The summed E-state index contributed by atoms with van der Waals surface area (Å²) < 4.78 is 3.26. The van der Waals surface area contributed by atoms with Crippen LogP contribution in [0.3, 0.4) is 0 Å². The maximum atomic E-state index is 12.8. The molecule has 0 saturated heterocycles. The molecule has 8 heteroatoms. The molecule has 134 valence electrons. The number of hydrogen-bond acceptors (Lipinski definition) is 5. The molecule has 0 aliphatic rings. The van der Waals surface area contributed by atoms with Crippen molar-refractivity contribution in [3.63, 3.8) is 0 Å². The van der Waals surface area contributed by atoms with E-state index in [0.29, 0.717) is 23.1 Å². The van der Waals surface area contributed by atoms with Gasteiger partial charge in [-0.05, 0) is 24.6 Å². The Hall–Kier alpha value is -2.87. The molecule has 0 aliphatic carbocycles. The summed E-state index contributed by atoms with van der Waals surface area (Å²) in [6.07, 6.45) is 1.73. The average molecular weight is 370 g/mol. The summed E-state index contributed by atoms with van der Waals surface area (Å²) >= 11 is 1.09. The lowest BCUT2D eigenvalue weighted by atomic mass is 10.2. The van der Waals surface area contributed by atoms with Crippen LogP contribution in [0.15, 0.2) is 58.6 Å². The minimum absolute atomic E-state index is 0.172. The molecule has 1 aromatic carbocycles. The molecule has 2 aromatic heterocycles. The Morgan fingerprint density at radius 2 is 1.92 bits per heavy atom. The van der Waals surface area contributed by atoms with Crippen LogP contribution in [0.25, 0.3) is 11.4 Å². The minimum atomic E-state index is -0.926. The molecule has 0 aliphatic heterocycles. The maximum Gasteiger partial charge on any atom is 0.316 e. The second kappa shape index (κ2) is 7.57. The Balaban J connectivity index is 1.93. The summed E-state index contributed by atoms with van der Waals surface area (Å²) in [5.41, 5.74) is 1.28. The van der Waals surface area contributed by atoms with Gasteiger partial charge in [-0.3, -0.25) is 9.59 Å². The first kappa shape index (κ1) is 17.9. The van der Waals surface area contributed by atoms with Crippen molar-refractivity contribution in [1.82, 2.24) is 19.3 Å². The Bertz CT molecular complexity index is 982. The molecule has 1 N–H and O–H groups in total. The van der Waals surface area contributed by atoms with Crippen molar-refractivity contribution in [1.29, 1.82) is 0 Å². The zero-order chi connectivity index (χ0) is 18.7. The van der Waals surface area contributed by atoms with Crippen LogP contribution >= 0.6 is 11.8 Å². The van der Waals surface area contributed by atoms with E-state index in [9.17, 15) is 9.59 Å². The van der Waals surface area contributed by atoms with E-state index in [1.807, 2.05) is 30.3 Å². The van der Waals surface area contributed by atoms with Gasteiger partial charge in [0.15, 0.2) is 11.0 Å². The molecule has 0 amide bonds. The number of carboxylic acid groups (broad SMARTS) is 1. The summed E-state index contributed by atoms with van der Waals surface area (Å²) in [5, 5.41) is 17.0. The Morgan fingerprint density at radius 3 is 2.62 bits per heavy atom. The van der Waals surface area contributed by atoms with E-state index in [4.69, 9.17) is 5.11 Å². The average Bonchev–Trinajstić information content (AvgIpc) is 2.98. The quantitative estimate of drug-likeness (QED) is 0.670. The topological polar surface area (TPSA) is 90.0 Å². The number of pyridine rings is 1. The number of carboxylic acids is 1. The van der Waals surface area contributed by atoms with Gasteiger partial charge in [0.05, 0.1) is 12.1 Å². The van der Waals surface area contributed by atoms with Gasteiger partial charge in [-0.2, -0.15) is 0 Å². The Morgan fingerprint density at radius 1 is 1.19 bits per heavy atom. The number of carbonyl (C=O) groups is 1. The number of thioether (sulfide) groups is 1. The zero-order valence-corrected chi connectivity index (χ0v) is 15.2. The van der Waals surface area contributed by atoms with E-state index in [0.717, 1.165) is 17.3 Å².